The topological polar surface area (TPSA) is 96.4 Å². The number of nitrogens with two attached hydrogens (primary N) is 1. The fourth-order valence-corrected chi connectivity index (χ4v) is 5.22. The number of piperidine rings is 1. The second-order valence-corrected chi connectivity index (χ2v) is 9.13. The van der Waals surface area contributed by atoms with Crippen molar-refractivity contribution in [2.75, 3.05) is 10.2 Å². The molecule has 0 radical (unpaired) electrons. The molecule has 1 atom stereocenters. The highest BCUT2D eigenvalue weighted by Gasteiger charge is 2.31. The lowest BCUT2D eigenvalue weighted by molar-refractivity contribution is -0.122. The molecule has 31 heavy (non-hydrogen) atoms. The third-order valence-electron chi connectivity index (χ3n) is 6.90. The van der Waals surface area contributed by atoms with Crippen LogP contribution in [0.3, 0.4) is 0 Å². The minimum absolute atomic E-state index is 0.0190. The Bertz CT molecular complexity index is 999. The largest absolute Gasteiger partial charge is 0.361 e. The number of hydrogen-bond acceptors (Lipinski definition) is 6. The Hall–Kier alpha value is -2.80. The summed E-state index contributed by atoms with van der Waals surface area (Å²) in [6, 6.07) is 7.26. The molecule has 0 bridgehead atoms. The van der Waals surface area contributed by atoms with Gasteiger partial charge in [0.15, 0.2) is 0 Å². The van der Waals surface area contributed by atoms with Gasteiger partial charge in [-0.05, 0) is 70.1 Å². The smallest absolute Gasteiger partial charge is 0.220 e. The summed E-state index contributed by atoms with van der Waals surface area (Å²) in [5.74, 6) is 0.950. The molecule has 4 N–H and O–H groups in total. The van der Waals surface area contributed by atoms with Crippen LogP contribution in [-0.4, -0.2) is 29.2 Å². The van der Waals surface area contributed by atoms with Crippen LogP contribution in [0, 0.1) is 13.8 Å². The lowest BCUT2D eigenvalue weighted by Gasteiger charge is -2.41. The molecule has 2 aliphatic heterocycles. The predicted molar refractivity (Wildman–Crippen MR) is 122 cm³/mol. The summed E-state index contributed by atoms with van der Waals surface area (Å²) in [5.41, 5.74) is 12.5. The Morgan fingerprint density at radius 2 is 1.97 bits per heavy atom. The fraction of sp³-hybridized carbons (Fsp3) is 0.500. The van der Waals surface area contributed by atoms with Gasteiger partial charge in [-0.3, -0.25) is 4.79 Å². The molecule has 2 fully saturated rings. The van der Waals surface area contributed by atoms with Gasteiger partial charge < -0.3 is 25.8 Å². The molecule has 0 spiro atoms. The number of carbonyl (C=O) groups is 1. The van der Waals surface area contributed by atoms with Crippen molar-refractivity contribution >= 4 is 17.3 Å². The van der Waals surface area contributed by atoms with Crippen molar-refractivity contribution in [3.8, 4) is 11.1 Å². The molecular formula is C24H31N5O2. The van der Waals surface area contributed by atoms with E-state index in [4.69, 9.17) is 10.3 Å². The van der Waals surface area contributed by atoms with E-state index in [0.717, 1.165) is 72.5 Å². The molecule has 3 aliphatic rings. The summed E-state index contributed by atoms with van der Waals surface area (Å²) >= 11 is 0. The van der Waals surface area contributed by atoms with Gasteiger partial charge in [-0.2, -0.15) is 0 Å². The van der Waals surface area contributed by atoms with Crippen LogP contribution in [0.15, 0.2) is 34.6 Å². The number of nitrogens with one attached hydrogen (secondary N) is 2. The molecule has 1 saturated carbocycles. The normalized spacial score (nSPS) is 26.0. The van der Waals surface area contributed by atoms with Gasteiger partial charge in [0, 0.05) is 30.3 Å². The van der Waals surface area contributed by atoms with Gasteiger partial charge in [0.25, 0.3) is 0 Å². The van der Waals surface area contributed by atoms with Gasteiger partial charge in [-0.25, -0.2) is 0 Å². The maximum atomic E-state index is 12.1. The highest BCUT2D eigenvalue weighted by molar-refractivity contribution is 5.84. The van der Waals surface area contributed by atoms with Crippen molar-refractivity contribution in [3.63, 3.8) is 0 Å². The first-order chi connectivity index (χ1) is 15.0. The lowest BCUT2D eigenvalue weighted by atomic mass is 9.89. The van der Waals surface area contributed by atoms with Gasteiger partial charge in [-0.1, -0.05) is 11.2 Å². The van der Waals surface area contributed by atoms with E-state index in [1.54, 1.807) is 0 Å². The van der Waals surface area contributed by atoms with E-state index in [1.807, 2.05) is 13.8 Å². The summed E-state index contributed by atoms with van der Waals surface area (Å²) in [6.07, 6.45) is 8.94. The first-order valence-corrected chi connectivity index (χ1v) is 11.4. The zero-order chi connectivity index (χ0) is 21.5. The number of fused-ring (bicyclic) bond motifs is 1. The summed E-state index contributed by atoms with van der Waals surface area (Å²) in [6.45, 7) is 3.92. The van der Waals surface area contributed by atoms with Crippen LogP contribution in [0.25, 0.3) is 11.1 Å². The number of anilines is 2. The van der Waals surface area contributed by atoms with E-state index in [2.05, 4.69) is 45.1 Å². The average molecular weight is 422 g/mol. The minimum Gasteiger partial charge on any atom is -0.361 e. The van der Waals surface area contributed by atoms with Crippen LogP contribution < -0.4 is 21.3 Å². The number of rotatable bonds is 3. The van der Waals surface area contributed by atoms with Crippen molar-refractivity contribution in [3.05, 3.63) is 41.6 Å². The van der Waals surface area contributed by atoms with Crippen molar-refractivity contribution in [2.45, 2.75) is 76.9 Å². The number of hydrogen-bond donors (Lipinski definition) is 3. The van der Waals surface area contributed by atoms with Crippen LogP contribution in [0.1, 0.15) is 56.4 Å². The zero-order valence-electron chi connectivity index (χ0n) is 18.3. The molecule has 2 aromatic rings. The number of benzene rings is 1. The molecule has 7 nitrogen and oxygen atoms in total. The van der Waals surface area contributed by atoms with Crippen molar-refractivity contribution in [1.29, 1.82) is 0 Å². The molecular weight excluding hydrogens is 390 g/mol. The second kappa shape index (κ2) is 8.04. The molecule has 5 rings (SSSR count). The molecule has 1 amide bonds. The van der Waals surface area contributed by atoms with Gasteiger partial charge in [0.2, 0.25) is 5.91 Å². The number of carbonyl (C=O) groups excluding carboxylic acids is 1. The molecule has 3 heterocycles. The average Bonchev–Trinajstić information content (AvgIpc) is 3.11. The Kier molecular flexibility index (Phi) is 5.22. The fourth-order valence-electron chi connectivity index (χ4n) is 5.22. The SMILES string of the molecule is Cc1noc(C)c1-c1ccc2c(c1)NC([C@@H]1CCCC(=O)N1)=CN2C1CCC(N)CC1. The molecule has 1 saturated heterocycles. The number of nitrogens with zero attached hydrogens (tertiary/aromatic N) is 2. The second-order valence-electron chi connectivity index (χ2n) is 9.13. The summed E-state index contributed by atoms with van der Waals surface area (Å²) < 4.78 is 5.40. The van der Waals surface area contributed by atoms with Gasteiger partial charge in [-0.15, -0.1) is 0 Å². The highest BCUT2D eigenvalue weighted by Crippen LogP contribution is 2.41. The molecule has 7 heteroatoms. The number of aromatic nitrogens is 1. The van der Waals surface area contributed by atoms with Crippen LogP contribution in [0.5, 0.6) is 0 Å². The van der Waals surface area contributed by atoms with E-state index in [9.17, 15) is 4.79 Å². The monoisotopic (exact) mass is 421 g/mol. The van der Waals surface area contributed by atoms with Crippen molar-refractivity contribution in [2.24, 2.45) is 5.73 Å². The predicted octanol–water partition coefficient (Wildman–Crippen LogP) is 3.97. The Balaban J connectivity index is 1.53. The third-order valence-corrected chi connectivity index (χ3v) is 6.90. The maximum absolute atomic E-state index is 12.1. The van der Waals surface area contributed by atoms with Crippen molar-refractivity contribution < 1.29 is 9.32 Å². The molecule has 0 unspecified atom stereocenters. The molecule has 164 valence electrons. The number of amides is 1. The maximum Gasteiger partial charge on any atom is 0.220 e. The first kappa shape index (κ1) is 20.1. The summed E-state index contributed by atoms with van der Waals surface area (Å²) in [7, 11) is 0. The van der Waals surface area contributed by atoms with E-state index >= 15 is 0 Å². The van der Waals surface area contributed by atoms with E-state index in [-0.39, 0.29) is 11.9 Å². The number of aryl methyl sites for hydroxylation is 2. The van der Waals surface area contributed by atoms with E-state index in [1.165, 1.54) is 5.69 Å². The van der Waals surface area contributed by atoms with E-state index in [0.29, 0.717) is 18.5 Å². The van der Waals surface area contributed by atoms with Gasteiger partial charge in [0.1, 0.15) is 5.76 Å². The Morgan fingerprint density at radius 1 is 1.16 bits per heavy atom. The zero-order valence-corrected chi connectivity index (χ0v) is 18.3. The van der Waals surface area contributed by atoms with Gasteiger partial charge >= 0.3 is 0 Å². The van der Waals surface area contributed by atoms with Crippen LogP contribution in [0.4, 0.5) is 11.4 Å². The quantitative estimate of drug-likeness (QED) is 0.694. The van der Waals surface area contributed by atoms with Crippen LogP contribution in [-0.2, 0) is 4.79 Å². The third kappa shape index (κ3) is 3.82. The summed E-state index contributed by atoms with van der Waals surface area (Å²) in [5, 5.41) is 10.9. The minimum atomic E-state index is 0.0190. The standard InChI is InChI=1S/C24H31N5O2/c1-14-24(15(2)31-28-14)16-6-11-22-20(12-16)26-21(19-4-3-5-23(30)27-19)13-29(22)18-9-7-17(25)8-10-18/h6,11-13,17-19,26H,3-5,7-10,25H2,1-2H3,(H,27,30)/t17?,18?,19-/m0/s1. The lowest BCUT2D eigenvalue weighted by Crippen LogP contribution is -2.45. The summed E-state index contributed by atoms with van der Waals surface area (Å²) in [4.78, 5) is 14.5. The molecule has 1 aromatic carbocycles. The molecule has 1 aromatic heterocycles. The van der Waals surface area contributed by atoms with E-state index < -0.39 is 0 Å². The van der Waals surface area contributed by atoms with Crippen LogP contribution in [0.2, 0.25) is 0 Å². The Labute approximate surface area is 183 Å². The highest BCUT2D eigenvalue weighted by atomic mass is 16.5. The first-order valence-electron chi connectivity index (χ1n) is 11.4. The van der Waals surface area contributed by atoms with Gasteiger partial charge in [0.05, 0.1) is 28.8 Å². The van der Waals surface area contributed by atoms with Crippen molar-refractivity contribution in [1.82, 2.24) is 10.5 Å². The Morgan fingerprint density at radius 3 is 2.68 bits per heavy atom. The van der Waals surface area contributed by atoms with Crippen LogP contribution >= 0.6 is 0 Å². The molecule has 1 aliphatic carbocycles.